The van der Waals surface area contributed by atoms with Crippen molar-refractivity contribution in [2.24, 2.45) is 0 Å². The Hall–Kier alpha value is -2.00. The molecule has 2 aromatic carbocycles. The molecule has 21 heavy (non-hydrogen) atoms. The van der Waals surface area contributed by atoms with E-state index in [4.69, 9.17) is 9.47 Å². The van der Waals surface area contributed by atoms with E-state index in [0.717, 1.165) is 36.3 Å². The summed E-state index contributed by atoms with van der Waals surface area (Å²) in [5.74, 6) is 1.56. The summed E-state index contributed by atoms with van der Waals surface area (Å²) in [5, 5.41) is 10.6. The van der Waals surface area contributed by atoms with Gasteiger partial charge in [0.1, 0.15) is 23.7 Å². The fourth-order valence-electron chi connectivity index (χ4n) is 2.85. The predicted molar refractivity (Wildman–Crippen MR) is 81.7 cm³/mol. The van der Waals surface area contributed by atoms with Crippen molar-refractivity contribution >= 4 is 0 Å². The number of benzene rings is 2. The molecule has 2 atom stereocenters. The zero-order valence-electron chi connectivity index (χ0n) is 12.2. The first-order chi connectivity index (χ1) is 10.3. The zero-order chi connectivity index (χ0) is 14.7. The van der Waals surface area contributed by atoms with Gasteiger partial charge in [-0.25, -0.2) is 0 Å². The minimum Gasteiger partial charge on any atom is -0.497 e. The SMILES string of the molecule is COc1ccc(OC2CCCc3ccccc3C2O)cc1. The van der Waals surface area contributed by atoms with Crippen molar-refractivity contribution in [3.63, 3.8) is 0 Å². The lowest BCUT2D eigenvalue weighted by Gasteiger charge is -2.23. The van der Waals surface area contributed by atoms with Crippen molar-refractivity contribution in [2.45, 2.75) is 31.5 Å². The second kappa shape index (κ2) is 6.19. The maximum atomic E-state index is 10.6. The molecule has 0 saturated heterocycles. The Morgan fingerprint density at radius 1 is 1.00 bits per heavy atom. The van der Waals surface area contributed by atoms with Gasteiger partial charge < -0.3 is 14.6 Å². The number of methoxy groups -OCH3 is 1. The van der Waals surface area contributed by atoms with Crippen molar-refractivity contribution < 1.29 is 14.6 Å². The Kier molecular flexibility index (Phi) is 4.11. The van der Waals surface area contributed by atoms with Gasteiger partial charge in [0.15, 0.2) is 0 Å². The molecule has 3 rings (SSSR count). The maximum Gasteiger partial charge on any atom is 0.129 e. The summed E-state index contributed by atoms with van der Waals surface area (Å²) < 4.78 is 11.1. The summed E-state index contributed by atoms with van der Waals surface area (Å²) >= 11 is 0. The van der Waals surface area contributed by atoms with Gasteiger partial charge in [-0.15, -0.1) is 0 Å². The number of ether oxygens (including phenoxy) is 2. The van der Waals surface area contributed by atoms with Crippen LogP contribution in [-0.4, -0.2) is 18.3 Å². The van der Waals surface area contributed by atoms with Gasteiger partial charge in [-0.1, -0.05) is 24.3 Å². The van der Waals surface area contributed by atoms with E-state index >= 15 is 0 Å². The Labute approximate surface area is 125 Å². The molecule has 0 radical (unpaired) electrons. The van der Waals surface area contributed by atoms with E-state index in [1.54, 1.807) is 7.11 Å². The molecule has 0 aliphatic heterocycles. The van der Waals surface area contributed by atoms with E-state index in [1.807, 2.05) is 42.5 Å². The maximum absolute atomic E-state index is 10.6. The van der Waals surface area contributed by atoms with Gasteiger partial charge in [-0.05, 0) is 54.7 Å². The van der Waals surface area contributed by atoms with E-state index in [-0.39, 0.29) is 6.10 Å². The summed E-state index contributed by atoms with van der Waals surface area (Å²) in [6.45, 7) is 0. The van der Waals surface area contributed by atoms with Gasteiger partial charge in [-0.3, -0.25) is 0 Å². The highest BCUT2D eigenvalue weighted by atomic mass is 16.5. The topological polar surface area (TPSA) is 38.7 Å². The third kappa shape index (κ3) is 3.03. The van der Waals surface area contributed by atoms with Gasteiger partial charge in [0, 0.05) is 0 Å². The number of rotatable bonds is 3. The van der Waals surface area contributed by atoms with Gasteiger partial charge in [0.25, 0.3) is 0 Å². The molecule has 0 amide bonds. The van der Waals surface area contributed by atoms with Gasteiger partial charge >= 0.3 is 0 Å². The van der Waals surface area contributed by atoms with Crippen molar-refractivity contribution in [3.05, 3.63) is 59.7 Å². The summed E-state index contributed by atoms with van der Waals surface area (Å²) in [4.78, 5) is 0. The van der Waals surface area contributed by atoms with Crippen LogP contribution >= 0.6 is 0 Å². The van der Waals surface area contributed by atoms with Crippen LogP contribution in [0.1, 0.15) is 30.1 Å². The Bertz CT molecular complexity index is 592. The highest BCUT2D eigenvalue weighted by Gasteiger charge is 2.27. The molecule has 2 aromatic rings. The Balaban J connectivity index is 1.78. The number of hydrogen-bond acceptors (Lipinski definition) is 3. The summed E-state index contributed by atoms with van der Waals surface area (Å²) in [6.07, 6.45) is 2.08. The highest BCUT2D eigenvalue weighted by Crippen LogP contribution is 2.32. The zero-order valence-corrected chi connectivity index (χ0v) is 12.2. The molecule has 0 bridgehead atoms. The number of aliphatic hydroxyl groups is 1. The second-order valence-corrected chi connectivity index (χ2v) is 5.37. The van der Waals surface area contributed by atoms with Crippen LogP contribution in [0.4, 0.5) is 0 Å². The van der Waals surface area contributed by atoms with Gasteiger partial charge in [-0.2, -0.15) is 0 Å². The molecule has 3 heteroatoms. The lowest BCUT2D eigenvalue weighted by atomic mass is 10.0. The number of hydrogen-bond donors (Lipinski definition) is 1. The van der Waals surface area contributed by atoms with Crippen LogP contribution in [0.15, 0.2) is 48.5 Å². The van der Waals surface area contributed by atoms with Crippen molar-refractivity contribution in [1.29, 1.82) is 0 Å². The van der Waals surface area contributed by atoms with Crippen LogP contribution in [0.3, 0.4) is 0 Å². The molecule has 1 aliphatic carbocycles. The van der Waals surface area contributed by atoms with Gasteiger partial charge in [0.2, 0.25) is 0 Å². The minimum absolute atomic E-state index is 0.206. The largest absolute Gasteiger partial charge is 0.497 e. The van der Waals surface area contributed by atoms with E-state index in [2.05, 4.69) is 6.07 Å². The Morgan fingerprint density at radius 3 is 2.48 bits per heavy atom. The first-order valence-corrected chi connectivity index (χ1v) is 7.34. The molecule has 0 spiro atoms. The standard InChI is InChI=1S/C18H20O3/c1-20-14-9-11-15(12-10-14)21-17-8-4-6-13-5-2-3-7-16(13)18(17)19/h2-3,5,7,9-12,17-19H,4,6,8H2,1H3. The van der Waals surface area contributed by atoms with Crippen molar-refractivity contribution in [2.75, 3.05) is 7.11 Å². The predicted octanol–water partition coefficient (Wildman–Crippen LogP) is 3.51. The summed E-state index contributed by atoms with van der Waals surface area (Å²) in [7, 11) is 1.64. The van der Waals surface area contributed by atoms with Crippen molar-refractivity contribution in [1.82, 2.24) is 0 Å². The van der Waals surface area contributed by atoms with Crippen LogP contribution in [0.5, 0.6) is 11.5 Å². The number of aryl methyl sites for hydroxylation is 1. The summed E-state index contributed by atoms with van der Waals surface area (Å²) in [6, 6.07) is 15.6. The van der Waals surface area contributed by atoms with Gasteiger partial charge in [0.05, 0.1) is 7.11 Å². The third-order valence-electron chi connectivity index (χ3n) is 4.01. The van der Waals surface area contributed by atoms with Crippen LogP contribution in [0, 0.1) is 0 Å². The highest BCUT2D eigenvalue weighted by molar-refractivity contribution is 5.33. The lowest BCUT2D eigenvalue weighted by Crippen LogP contribution is -2.24. The molecular formula is C18H20O3. The van der Waals surface area contributed by atoms with E-state index < -0.39 is 6.10 Å². The fraction of sp³-hybridized carbons (Fsp3) is 0.333. The monoisotopic (exact) mass is 284 g/mol. The van der Waals surface area contributed by atoms with Crippen LogP contribution in [0.2, 0.25) is 0 Å². The first kappa shape index (κ1) is 14.0. The smallest absolute Gasteiger partial charge is 0.129 e. The normalized spacial score (nSPS) is 21.2. The molecule has 0 fully saturated rings. The average Bonchev–Trinajstić information content (AvgIpc) is 2.69. The number of fused-ring (bicyclic) bond motifs is 1. The summed E-state index contributed by atoms with van der Waals surface area (Å²) in [5.41, 5.74) is 2.22. The molecule has 0 heterocycles. The molecule has 1 N–H and O–H groups in total. The average molecular weight is 284 g/mol. The molecule has 3 nitrogen and oxygen atoms in total. The Morgan fingerprint density at radius 2 is 1.71 bits per heavy atom. The van der Waals surface area contributed by atoms with E-state index in [1.165, 1.54) is 5.56 Å². The number of aliphatic hydroxyl groups excluding tert-OH is 1. The first-order valence-electron chi connectivity index (χ1n) is 7.34. The molecule has 1 aliphatic rings. The molecule has 110 valence electrons. The molecule has 0 aromatic heterocycles. The van der Waals surface area contributed by atoms with Crippen molar-refractivity contribution in [3.8, 4) is 11.5 Å². The molecular weight excluding hydrogens is 264 g/mol. The quantitative estimate of drug-likeness (QED) is 0.877. The molecule has 2 unspecified atom stereocenters. The van der Waals surface area contributed by atoms with Crippen LogP contribution in [0.25, 0.3) is 0 Å². The van der Waals surface area contributed by atoms with E-state index in [0.29, 0.717) is 0 Å². The van der Waals surface area contributed by atoms with Crippen LogP contribution in [-0.2, 0) is 6.42 Å². The second-order valence-electron chi connectivity index (χ2n) is 5.37. The minimum atomic E-state index is -0.578. The van der Waals surface area contributed by atoms with E-state index in [9.17, 15) is 5.11 Å². The fourth-order valence-corrected chi connectivity index (χ4v) is 2.85. The lowest BCUT2D eigenvalue weighted by molar-refractivity contribution is 0.0321. The molecule has 0 saturated carbocycles. The third-order valence-corrected chi connectivity index (χ3v) is 4.01. The van der Waals surface area contributed by atoms with Crippen LogP contribution < -0.4 is 9.47 Å².